The second kappa shape index (κ2) is 7.04. The Balaban J connectivity index is 2.15. The van der Waals surface area contributed by atoms with Crippen molar-refractivity contribution in [3.63, 3.8) is 0 Å². The molecule has 0 aliphatic carbocycles. The molecule has 1 aromatic carbocycles. The summed E-state index contributed by atoms with van der Waals surface area (Å²) < 4.78 is 43.0. The Morgan fingerprint density at radius 1 is 1.10 bits per heavy atom. The topological polar surface area (TPSA) is 22.1 Å². The summed E-state index contributed by atoms with van der Waals surface area (Å²) in [5, 5.41) is 2.84. The third-order valence-electron chi connectivity index (χ3n) is 2.35. The van der Waals surface area contributed by atoms with E-state index < -0.39 is 11.9 Å². The van der Waals surface area contributed by atoms with E-state index in [1.165, 1.54) is 15.0 Å². The lowest BCUT2D eigenvalue weighted by atomic mass is 10.2. The zero-order valence-corrected chi connectivity index (χ0v) is 13.3. The van der Waals surface area contributed by atoms with Crippen LogP contribution in [0.1, 0.15) is 11.3 Å². The van der Waals surface area contributed by atoms with Crippen molar-refractivity contribution in [2.24, 2.45) is 0 Å². The fourth-order valence-corrected chi connectivity index (χ4v) is 1.94. The second-order valence-electron chi connectivity index (χ2n) is 3.81. The summed E-state index contributed by atoms with van der Waals surface area (Å²) in [7, 11) is 1.37. The van der Waals surface area contributed by atoms with Crippen LogP contribution in [0.15, 0.2) is 42.6 Å². The summed E-state index contributed by atoms with van der Waals surface area (Å²) in [6.45, 7) is 0. The summed E-state index contributed by atoms with van der Waals surface area (Å²) in [6, 6.07) is 9.00. The molecule has 0 atom stereocenters. The van der Waals surface area contributed by atoms with Gasteiger partial charge in [0.2, 0.25) is 0 Å². The lowest BCUT2D eigenvalue weighted by molar-refractivity contribution is -0.141. The second-order valence-corrected chi connectivity index (χ2v) is 5.48. The standard InChI is InChI=1S/C14H7F3INOS/c15-14(16,17)13-9-12(5-7-19-13)20-11-3-1-10(2-4-11)6-8-21-18/h1-5,7,9H. The van der Waals surface area contributed by atoms with Gasteiger partial charge in [-0.2, -0.15) is 13.2 Å². The van der Waals surface area contributed by atoms with Gasteiger partial charge in [0.05, 0.1) is 0 Å². The molecule has 21 heavy (non-hydrogen) atoms. The van der Waals surface area contributed by atoms with Crippen molar-refractivity contribution < 1.29 is 17.9 Å². The average Bonchev–Trinajstić information content (AvgIpc) is 2.46. The number of rotatable bonds is 2. The maximum absolute atomic E-state index is 12.5. The minimum atomic E-state index is -4.49. The molecule has 0 fully saturated rings. The minimum absolute atomic E-state index is 0.0824. The molecular weight excluding hydrogens is 414 g/mol. The number of nitrogens with zero attached hydrogens (tertiary/aromatic N) is 1. The predicted octanol–water partition coefficient (Wildman–Crippen LogP) is 5.28. The van der Waals surface area contributed by atoms with Gasteiger partial charge < -0.3 is 4.74 Å². The number of hydrogen-bond acceptors (Lipinski definition) is 3. The van der Waals surface area contributed by atoms with Gasteiger partial charge in [0.1, 0.15) is 17.2 Å². The molecule has 7 heteroatoms. The molecule has 108 valence electrons. The molecule has 0 N–H and O–H groups in total. The Morgan fingerprint density at radius 2 is 1.81 bits per heavy atom. The summed E-state index contributed by atoms with van der Waals surface area (Å²) in [5.41, 5.74) is -0.182. The first-order valence-electron chi connectivity index (χ1n) is 5.59. The van der Waals surface area contributed by atoms with Gasteiger partial charge in [-0.3, -0.25) is 4.98 Å². The number of benzene rings is 1. The van der Waals surface area contributed by atoms with Gasteiger partial charge >= 0.3 is 6.18 Å². The highest BCUT2D eigenvalue weighted by atomic mass is 127. The van der Waals surface area contributed by atoms with E-state index in [4.69, 9.17) is 4.74 Å². The predicted molar refractivity (Wildman–Crippen MR) is 84.2 cm³/mol. The Kier molecular flexibility index (Phi) is 5.36. The lowest BCUT2D eigenvalue weighted by Gasteiger charge is -2.09. The zero-order chi connectivity index (χ0) is 15.3. The Hall–Kier alpha value is -1.40. The third-order valence-corrected chi connectivity index (χ3v) is 3.19. The van der Waals surface area contributed by atoms with Crippen LogP contribution in [-0.4, -0.2) is 4.98 Å². The van der Waals surface area contributed by atoms with Crippen LogP contribution in [-0.2, 0) is 6.18 Å². The van der Waals surface area contributed by atoms with Gasteiger partial charge in [-0.05, 0) is 44.5 Å². The number of aromatic nitrogens is 1. The summed E-state index contributed by atoms with van der Waals surface area (Å²) >= 11 is 2.07. The molecule has 0 bridgehead atoms. The van der Waals surface area contributed by atoms with E-state index in [0.717, 1.165) is 17.8 Å². The van der Waals surface area contributed by atoms with Gasteiger partial charge in [0, 0.05) is 39.0 Å². The van der Waals surface area contributed by atoms with Crippen molar-refractivity contribution >= 4 is 30.1 Å². The molecular formula is C14H7F3INOS. The maximum atomic E-state index is 12.5. The molecule has 0 saturated carbocycles. The van der Waals surface area contributed by atoms with E-state index in [-0.39, 0.29) is 5.75 Å². The van der Waals surface area contributed by atoms with Crippen molar-refractivity contribution in [2.45, 2.75) is 6.18 Å². The van der Waals surface area contributed by atoms with Gasteiger partial charge in [-0.25, -0.2) is 0 Å². The van der Waals surface area contributed by atoms with Crippen LogP contribution in [0.4, 0.5) is 13.2 Å². The first-order valence-corrected chi connectivity index (χ1v) is 8.95. The minimum Gasteiger partial charge on any atom is -0.457 e. The molecule has 0 unspecified atom stereocenters. The zero-order valence-electron chi connectivity index (χ0n) is 10.3. The quantitative estimate of drug-likeness (QED) is 0.487. The van der Waals surface area contributed by atoms with Crippen LogP contribution in [0.5, 0.6) is 11.5 Å². The van der Waals surface area contributed by atoms with Crippen molar-refractivity contribution in [3.8, 4) is 22.7 Å². The normalized spacial score (nSPS) is 10.7. The van der Waals surface area contributed by atoms with E-state index in [1.54, 1.807) is 24.3 Å². The molecule has 1 aromatic heterocycles. The highest BCUT2D eigenvalue weighted by Gasteiger charge is 2.32. The van der Waals surface area contributed by atoms with E-state index >= 15 is 0 Å². The van der Waals surface area contributed by atoms with Gasteiger partial charge in [0.25, 0.3) is 0 Å². The average molecular weight is 421 g/mol. The van der Waals surface area contributed by atoms with Crippen LogP contribution in [0, 0.1) is 11.2 Å². The third kappa shape index (κ3) is 4.82. The van der Waals surface area contributed by atoms with E-state index in [9.17, 15) is 13.2 Å². The summed E-state index contributed by atoms with van der Waals surface area (Å²) in [5.74, 6) is 3.42. The molecule has 0 aliphatic rings. The van der Waals surface area contributed by atoms with E-state index in [0.29, 0.717) is 5.75 Å². The molecule has 2 nitrogen and oxygen atoms in total. The maximum Gasteiger partial charge on any atom is 0.433 e. The molecule has 0 radical (unpaired) electrons. The van der Waals surface area contributed by atoms with Crippen LogP contribution in [0.2, 0.25) is 0 Å². The Labute approximate surface area is 135 Å². The van der Waals surface area contributed by atoms with Crippen LogP contribution >= 0.6 is 30.1 Å². The first-order chi connectivity index (χ1) is 9.99. The lowest BCUT2D eigenvalue weighted by Crippen LogP contribution is -2.07. The molecule has 2 aromatic rings. The fraction of sp³-hybridized carbons (Fsp3) is 0.0714. The molecule has 0 amide bonds. The molecule has 0 aliphatic heterocycles. The fourth-order valence-electron chi connectivity index (χ4n) is 1.45. The largest absolute Gasteiger partial charge is 0.457 e. The van der Waals surface area contributed by atoms with Gasteiger partial charge in [-0.15, -0.1) is 0 Å². The SMILES string of the molecule is FC(F)(F)c1cc(Oc2ccc(C#CSI)cc2)ccn1. The highest BCUT2D eigenvalue weighted by molar-refractivity contribution is 14.2. The van der Waals surface area contributed by atoms with Crippen molar-refractivity contribution in [2.75, 3.05) is 0 Å². The first kappa shape index (κ1) is 16.0. The van der Waals surface area contributed by atoms with Crippen molar-refractivity contribution in [3.05, 3.63) is 53.9 Å². The van der Waals surface area contributed by atoms with Crippen LogP contribution < -0.4 is 4.74 Å². The summed E-state index contributed by atoms with van der Waals surface area (Å²) in [6.07, 6.45) is -3.43. The number of halogens is 4. The number of hydrogen-bond donors (Lipinski definition) is 0. The highest BCUT2D eigenvalue weighted by Crippen LogP contribution is 2.31. The van der Waals surface area contributed by atoms with Crippen LogP contribution in [0.3, 0.4) is 0 Å². The molecule has 2 rings (SSSR count). The molecule has 1 heterocycles. The number of alkyl halides is 3. The molecule has 0 spiro atoms. The Morgan fingerprint density at radius 3 is 2.43 bits per heavy atom. The molecule has 0 saturated heterocycles. The van der Waals surface area contributed by atoms with E-state index in [1.807, 2.05) is 0 Å². The number of pyridine rings is 1. The van der Waals surface area contributed by atoms with Crippen molar-refractivity contribution in [1.29, 1.82) is 0 Å². The van der Waals surface area contributed by atoms with Crippen LogP contribution in [0.25, 0.3) is 0 Å². The smallest absolute Gasteiger partial charge is 0.433 e. The summed E-state index contributed by atoms with van der Waals surface area (Å²) in [4.78, 5) is 3.27. The Bertz CT molecular complexity index is 677. The van der Waals surface area contributed by atoms with Gasteiger partial charge in [0.15, 0.2) is 0 Å². The van der Waals surface area contributed by atoms with E-state index in [2.05, 4.69) is 37.4 Å². The van der Waals surface area contributed by atoms with Crippen molar-refractivity contribution in [1.82, 2.24) is 4.98 Å². The monoisotopic (exact) mass is 421 g/mol. The number of ether oxygens (including phenoxy) is 1. The van der Waals surface area contributed by atoms with Gasteiger partial charge in [-0.1, -0.05) is 5.92 Å².